The number of carbonyl (C=O) groups excluding carboxylic acids is 2. The molecule has 2 amide bonds. The number of methoxy groups -OCH3 is 1. The van der Waals surface area contributed by atoms with Gasteiger partial charge in [0.25, 0.3) is 0 Å². The van der Waals surface area contributed by atoms with Crippen LogP contribution in [0.3, 0.4) is 0 Å². The molecule has 0 aromatic heterocycles. The highest BCUT2D eigenvalue weighted by atomic mass is 16.5. The van der Waals surface area contributed by atoms with Gasteiger partial charge in [-0.05, 0) is 50.3 Å². The van der Waals surface area contributed by atoms with E-state index in [9.17, 15) is 14.7 Å². The fraction of sp³-hybridized carbons (Fsp3) is 0.526. The molecule has 2 unspecified atom stereocenters. The molecule has 1 aliphatic heterocycles. The number of carbonyl (C=O) groups is 2. The number of urea groups is 1. The van der Waals surface area contributed by atoms with E-state index >= 15 is 0 Å². The number of hydrogen-bond acceptors (Lipinski definition) is 5. The topological polar surface area (TPSA) is 97.2 Å². The van der Waals surface area contributed by atoms with E-state index in [1.807, 2.05) is 0 Å². The second-order valence-corrected chi connectivity index (χ2v) is 6.79. The number of benzene rings is 1. The maximum Gasteiger partial charge on any atom is 0.341 e. The number of amides is 2. The van der Waals surface area contributed by atoms with Crippen molar-refractivity contribution < 1.29 is 24.2 Å². The molecule has 7 nitrogen and oxygen atoms in total. The van der Waals surface area contributed by atoms with Gasteiger partial charge in [-0.15, -0.1) is 0 Å². The van der Waals surface area contributed by atoms with Crippen molar-refractivity contribution in [1.82, 2.24) is 5.32 Å². The van der Waals surface area contributed by atoms with Gasteiger partial charge in [-0.1, -0.05) is 12.5 Å². The number of nitrogens with one attached hydrogen (secondary N) is 1. The lowest BCUT2D eigenvalue weighted by Crippen LogP contribution is -2.45. The Hall–Kier alpha value is -2.57. The molecule has 26 heavy (non-hydrogen) atoms. The van der Waals surface area contributed by atoms with Crippen LogP contribution in [0.2, 0.25) is 0 Å². The Morgan fingerprint density at radius 1 is 1.27 bits per heavy atom. The summed E-state index contributed by atoms with van der Waals surface area (Å²) in [7, 11) is 1.44. The van der Waals surface area contributed by atoms with Crippen LogP contribution in [0, 0.1) is 5.92 Å². The molecular formula is C19H24N2O5. The van der Waals surface area contributed by atoms with Crippen molar-refractivity contribution in [1.29, 1.82) is 0 Å². The molecule has 7 heteroatoms. The lowest BCUT2D eigenvalue weighted by atomic mass is 9.88. The SMILES string of the molecule is COc1cc(C2NC(=O)N=C(C)C2C(=O)OC2CCCCC2)ccc1O. The molecule has 1 aromatic rings. The Morgan fingerprint density at radius 3 is 2.69 bits per heavy atom. The minimum absolute atomic E-state index is 0.00916. The number of rotatable bonds is 4. The average Bonchev–Trinajstić information content (AvgIpc) is 2.62. The van der Waals surface area contributed by atoms with Gasteiger partial charge in [0.05, 0.1) is 13.2 Å². The molecular weight excluding hydrogens is 336 g/mol. The summed E-state index contributed by atoms with van der Waals surface area (Å²) in [6.07, 6.45) is 4.97. The number of hydrogen-bond donors (Lipinski definition) is 2. The summed E-state index contributed by atoms with van der Waals surface area (Å²) >= 11 is 0. The van der Waals surface area contributed by atoms with Crippen molar-refractivity contribution in [3.63, 3.8) is 0 Å². The van der Waals surface area contributed by atoms with Crippen LogP contribution >= 0.6 is 0 Å². The number of ether oxygens (including phenoxy) is 2. The molecule has 2 N–H and O–H groups in total. The fourth-order valence-corrected chi connectivity index (χ4v) is 3.61. The first-order valence-corrected chi connectivity index (χ1v) is 8.92. The quantitative estimate of drug-likeness (QED) is 0.804. The Balaban J connectivity index is 1.87. The van der Waals surface area contributed by atoms with Crippen LogP contribution in [0.5, 0.6) is 11.5 Å². The second-order valence-electron chi connectivity index (χ2n) is 6.79. The summed E-state index contributed by atoms with van der Waals surface area (Å²) in [5, 5.41) is 12.5. The van der Waals surface area contributed by atoms with Gasteiger partial charge in [0.2, 0.25) is 0 Å². The van der Waals surface area contributed by atoms with Gasteiger partial charge in [0.15, 0.2) is 11.5 Å². The van der Waals surface area contributed by atoms with E-state index in [4.69, 9.17) is 9.47 Å². The van der Waals surface area contributed by atoms with E-state index in [2.05, 4.69) is 10.3 Å². The standard InChI is InChI=1S/C19H24N2O5/c1-11-16(18(23)26-13-6-4-3-5-7-13)17(21-19(24)20-11)12-8-9-14(22)15(10-12)25-2/h8-10,13,16-17,22H,3-7H2,1-2H3,(H,21,24). The van der Waals surface area contributed by atoms with Gasteiger partial charge in [0.1, 0.15) is 12.0 Å². The monoisotopic (exact) mass is 360 g/mol. The van der Waals surface area contributed by atoms with Crippen LogP contribution in [0.25, 0.3) is 0 Å². The highest BCUT2D eigenvalue weighted by Gasteiger charge is 2.39. The summed E-state index contributed by atoms with van der Waals surface area (Å²) in [6.45, 7) is 1.66. The Bertz CT molecular complexity index is 725. The lowest BCUT2D eigenvalue weighted by Gasteiger charge is -2.32. The van der Waals surface area contributed by atoms with E-state index in [0.29, 0.717) is 11.3 Å². The zero-order chi connectivity index (χ0) is 18.7. The average molecular weight is 360 g/mol. The summed E-state index contributed by atoms with van der Waals surface area (Å²) < 4.78 is 10.9. The number of phenolic OH excluding ortho intramolecular Hbond substituents is 1. The minimum Gasteiger partial charge on any atom is -0.504 e. The molecule has 2 atom stereocenters. The summed E-state index contributed by atoms with van der Waals surface area (Å²) in [6, 6.07) is 3.62. The maximum atomic E-state index is 12.9. The molecule has 0 bridgehead atoms. The van der Waals surface area contributed by atoms with Gasteiger partial charge in [-0.2, -0.15) is 0 Å². The van der Waals surface area contributed by atoms with E-state index in [1.165, 1.54) is 19.6 Å². The first-order chi connectivity index (χ1) is 12.5. The number of esters is 1. The minimum atomic E-state index is -0.705. The molecule has 0 saturated heterocycles. The van der Waals surface area contributed by atoms with Crippen molar-refractivity contribution in [2.24, 2.45) is 10.9 Å². The predicted octanol–water partition coefficient (Wildman–Crippen LogP) is 3.12. The van der Waals surface area contributed by atoms with Crippen molar-refractivity contribution in [2.75, 3.05) is 7.11 Å². The van der Waals surface area contributed by atoms with E-state index in [-0.39, 0.29) is 23.6 Å². The van der Waals surface area contributed by atoms with Crippen LogP contribution < -0.4 is 10.1 Å². The Morgan fingerprint density at radius 2 is 2.00 bits per heavy atom. The van der Waals surface area contributed by atoms with Crippen LogP contribution in [-0.2, 0) is 9.53 Å². The van der Waals surface area contributed by atoms with Gasteiger partial charge < -0.3 is 19.9 Å². The fourth-order valence-electron chi connectivity index (χ4n) is 3.61. The molecule has 1 aliphatic carbocycles. The second kappa shape index (κ2) is 7.76. The van der Waals surface area contributed by atoms with E-state index in [1.54, 1.807) is 19.1 Å². The molecule has 3 rings (SSSR count). The lowest BCUT2D eigenvalue weighted by molar-refractivity contribution is -0.154. The van der Waals surface area contributed by atoms with Crippen LogP contribution in [0.4, 0.5) is 4.79 Å². The van der Waals surface area contributed by atoms with Crippen LogP contribution in [0.1, 0.15) is 50.6 Å². The number of aliphatic imine (C=N–C) groups is 1. The molecule has 1 aromatic carbocycles. The molecule has 140 valence electrons. The van der Waals surface area contributed by atoms with Crippen molar-refractivity contribution in [3.05, 3.63) is 23.8 Å². The summed E-state index contributed by atoms with van der Waals surface area (Å²) in [4.78, 5) is 28.7. The Kier molecular flexibility index (Phi) is 5.44. The normalized spacial score (nSPS) is 23.8. The molecule has 0 radical (unpaired) electrons. The van der Waals surface area contributed by atoms with Gasteiger partial charge in [-0.3, -0.25) is 4.79 Å². The smallest absolute Gasteiger partial charge is 0.341 e. The zero-order valence-corrected chi connectivity index (χ0v) is 15.0. The highest BCUT2D eigenvalue weighted by Crippen LogP contribution is 2.34. The zero-order valence-electron chi connectivity index (χ0n) is 15.0. The summed E-state index contributed by atoms with van der Waals surface area (Å²) in [5.74, 6) is -0.819. The highest BCUT2D eigenvalue weighted by molar-refractivity contribution is 6.08. The number of nitrogens with zero attached hydrogens (tertiary/aromatic N) is 1. The van der Waals surface area contributed by atoms with Crippen LogP contribution in [-0.4, -0.2) is 36.0 Å². The van der Waals surface area contributed by atoms with E-state index < -0.39 is 18.0 Å². The first-order valence-electron chi connectivity index (χ1n) is 8.92. The number of aromatic hydroxyl groups is 1. The van der Waals surface area contributed by atoms with Crippen molar-refractivity contribution in [2.45, 2.75) is 51.2 Å². The Labute approximate surface area is 152 Å². The third kappa shape index (κ3) is 3.81. The summed E-state index contributed by atoms with van der Waals surface area (Å²) in [5.41, 5.74) is 1.07. The first kappa shape index (κ1) is 18.2. The molecule has 1 heterocycles. The largest absolute Gasteiger partial charge is 0.504 e. The molecule has 1 saturated carbocycles. The van der Waals surface area contributed by atoms with Gasteiger partial charge >= 0.3 is 12.0 Å². The van der Waals surface area contributed by atoms with Crippen molar-refractivity contribution >= 4 is 17.7 Å². The van der Waals surface area contributed by atoms with Gasteiger partial charge in [0, 0.05) is 5.71 Å². The van der Waals surface area contributed by atoms with Crippen molar-refractivity contribution in [3.8, 4) is 11.5 Å². The third-order valence-electron chi connectivity index (χ3n) is 4.99. The molecule has 2 aliphatic rings. The predicted molar refractivity (Wildman–Crippen MR) is 95.5 cm³/mol. The third-order valence-corrected chi connectivity index (χ3v) is 4.99. The molecule has 0 spiro atoms. The van der Waals surface area contributed by atoms with E-state index in [0.717, 1.165) is 25.7 Å². The van der Waals surface area contributed by atoms with Crippen LogP contribution in [0.15, 0.2) is 23.2 Å². The van der Waals surface area contributed by atoms with Gasteiger partial charge in [-0.25, -0.2) is 9.79 Å². The maximum absolute atomic E-state index is 12.9. The number of phenols is 1. The molecule has 1 fully saturated rings.